The van der Waals surface area contributed by atoms with Crippen molar-refractivity contribution in [2.24, 2.45) is 11.3 Å². The molecule has 1 aromatic carbocycles. The number of benzene rings is 1. The summed E-state index contributed by atoms with van der Waals surface area (Å²) in [6.45, 7) is 7.82. The summed E-state index contributed by atoms with van der Waals surface area (Å²) in [4.78, 5) is 24.5. The first-order valence-electron chi connectivity index (χ1n) is 7.72. The van der Waals surface area contributed by atoms with Gasteiger partial charge >= 0.3 is 0 Å². The molecular formula is C18H25NO2. The SMILES string of the molecule is CCC(=O)C(NC(=O)[C@H]1CC1c1ccccc1)C(C)(C)C. The van der Waals surface area contributed by atoms with Crippen molar-refractivity contribution < 1.29 is 9.59 Å². The molecular weight excluding hydrogens is 262 g/mol. The normalized spacial score (nSPS) is 22.5. The lowest BCUT2D eigenvalue weighted by Crippen LogP contribution is -2.49. The number of nitrogens with one attached hydrogen (secondary N) is 1. The smallest absolute Gasteiger partial charge is 0.224 e. The molecule has 1 aliphatic carbocycles. The summed E-state index contributed by atoms with van der Waals surface area (Å²) in [6, 6.07) is 9.72. The van der Waals surface area contributed by atoms with Crippen molar-refractivity contribution in [1.82, 2.24) is 5.32 Å². The lowest BCUT2D eigenvalue weighted by Gasteiger charge is -2.30. The van der Waals surface area contributed by atoms with Crippen LogP contribution >= 0.6 is 0 Å². The van der Waals surface area contributed by atoms with Gasteiger partial charge in [-0.3, -0.25) is 9.59 Å². The first-order chi connectivity index (χ1) is 9.84. The molecule has 2 rings (SSSR count). The molecule has 1 fully saturated rings. The zero-order valence-corrected chi connectivity index (χ0v) is 13.3. The lowest BCUT2D eigenvalue weighted by molar-refractivity contribution is -0.130. The quantitative estimate of drug-likeness (QED) is 0.903. The van der Waals surface area contributed by atoms with E-state index < -0.39 is 6.04 Å². The van der Waals surface area contributed by atoms with Gasteiger partial charge in [0.25, 0.3) is 0 Å². The number of amides is 1. The molecule has 0 radical (unpaired) electrons. The minimum Gasteiger partial charge on any atom is -0.346 e. The van der Waals surface area contributed by atoms with Crippen molar-refractivity contribution in [1.29, 1.82) is 0 Å². The van der Waals surface area contributed by atoms with Gasteiger partial charge < -0.3 is 5.32 Å². The Morgan fingerprint density at radius 2 is 1.86 bits per heavy atom. The van der Waals surface area contributed by atoms with Gasteiger partial charge in [-0.25, -0.2) is 0 Å². The molecule has 0 spiro atoms. The Labute approximate surface area is 127 Å². The number of Topliss-reactive ketones (excluding diaryl/α,β-unsaturated/α-hetero) is 1. The van der Waals surface area contributed by atoms with Crippen molar-refractivity contribution >= 4 is 11.7 Å². The number of carbonyl (C=O) groups is 2. The lowest BCUT2D eigenvalue weighted by atomic mass is 9.83. The third kappa shape index (κ3) is 3.72. The molecule has 0 saturated heterocycles. The summed E-state index contributed by atoms with van der Waals surface area (Å²) in [5, 5.41) is 2.98. The van der Waals surface area contributed by atoms with Gasteiger partial charge in [-0.05, 0) is 23.3 Å². The minimum atomic E-state index is -0.396. The van der Waals surface area contributed by atoms with Gasteiger partial charge in [0.05, 0.1) is 6.04 Å². The molecule has 3 nitrogen and oxygen atoms in total. The molecule has 114 valence electrons. The van der Waals surface area contributed by atoms with E-state index in [1.807, 2.05) is 45.9 Å². The fourth-order valence-electron chi connectivity index (χ4n) is 2.79. The van der Waals surface area contributed by atoms with Crippen LogP contribution in [0.25, 0.3) is 0 Å². The highest BCUT2D eigenvalue weighted by molar-refractivity contribution is 5.91. The Hall–Kier alpha value is -1.64. The highest BCUT2D eigenvalue weighted by Crippen LogP contribution is 2.47. The summed E-state index contributed by atoms with van der Waals surface area (Å²) in [5.74, 6) is 0.448. The van der Waals surface area contributed by atoms with Crippen LogP contribution in [0.2, 0.25) is 0 Å². The Kier molecular flexibility index (Phi) is 4.50. The van der Waals surface area contributed by atoms with Crippen LogP contribution in [0, 0.1) is 11.3 Å². The second kappa shape index (κ2) is 6.00. The predicted molar refractivity (Wildman–Crippen MR) is 84.0 cm³/mol. The van der Waals surface area contributed by atoms with Crippen LogP contribution in [-0.2, 0) is 9.59 Å². The molecule has 1 aliphatic rings. The first kappa shape index (κ1) is 15.7. The van der Waals surface area contributed by atoms with E-state index in [9.17, 15) is 9.59 Å². The van der Waals surface area contributed by atoms with Gasteiger partial charge in [-0.2, -0.15) is 0 Å². The largest absolute Gasteiger partial charge is 0.346 e. The van der Waals surface area contributed by atoms with Gasteiger partial charge in [0, 0.05) is 12.3 Å². The van der Waals surface area contributed by atoms with Gasteiger partial charge in [0.1, 0.15) is 0 Å². The van der Waals surface area contributed by atoms with Crippen LogP contribution in [0.3, 0.4) is 0 Å². The topological polar surface area (TPSA) is 46.2 Å². The highest BCUT2D eigenvalue weighted by Gasteiger charge is 2.45. The molecule has 1 saturated carbocycles. The maximum atomic E-state index is 12.4. The molecule has 21 heavy (non-hydrogen) atoms. The number of ketones is 1. The maximum absolute atomic E-state index is 12.4. The van der Waals surface area contributed by atoms with Crippen molar-refractivity contribution in [3.63, 3.8) is 0 Å². The van der Waals surface area contributed by atoms with Crippen LogP contribution in [0.4, 0.5) is 0 Å². The molecule has 0 bridgehead atoms. The Balaban J connectivity index is 2.00. The number of hydrogen-bond acceptors (Lipinski definition) is 2. The summed E-state index contributed by atoms with van der Waals surface area (Å²) in [5.41, 5.74) is 0.964. The second-order valence-corrected chi connectivity index (χ2v) is 6.99. The molecule has 2 unspecified atom stereocenters. The number of carbonyl (C=O) groups excluding carboxylic acids is 2. The molecule has 1 N–H and O–H groups in total. The van der Waals surface area contributed by atoms with Gasteiger partial charge in [-0.15, -0.1) is 0 Å². The highest BCUT2D eigenvalue weighted by atomic mass is 16.2. The third-order valence-corrected chi connectivity index (χ3v) is 4.18. The standard InChI is InChI=1S/C18H25NO2/c1-5-15(20)16(18(2,3)4)19-17(21)14-11-13(14)12-9-7-6-8-10-12/h6-10,13-14,16H,5,11H2,1-4H3,(H,19,21)/t13?,14-,16?/m0/s1. The fourth-order valence-corrected chi connectivity index (χ4v) is 2.79. The summed E-state index contributed by atoms with van der Waals surface area (Å²) in [7, 11) is 0. The van der Waals surface area contributed by atoms with E-state index in [2.05, 4.69) is 17.4 Å². The molecule has 1 amide bonds. The van der Waals surface area contributed by atoms with E-state index in [1.54, 1.807) is 0 Å². The summed E-state index contributed by atoms with van der Waals surface area (Å²) < 4.78 is 0. The minimum absolute atomic E-state index is 0.0157. The van der Waals surface area contributed by atoms with E-state index in [0.29, 0.717) is 12.3 Å². The van der Waals surface area contributed by atoms with E-state index in [4.69, 9.17) is 0 Å². The predicted octanol–water partition coefficient (Wildman–Crippen LogP) is 3.30. The van der Waals surface area contributed by atoms with Crippen LogP contribution < -0.4 is 5.32 Å². The van der Waals surface area contributed by atoms with Crippen LogP contribution in [0.5, 0.6) is 0 Å². The van der Waals surface area contributed by atoms with Crippen molar-refractivity contribution in [2.75, 3.05) is 0 Å². The zero-order valence-electron chi connectivity index (χ0n) is 13.3. The maximum Gasteiger partial charge on any atom is 0.224 e. The number of hydrogen-bond donors (Lipinski definition) is 1. The van der Waals surface area contributed by atoms with Crippen molar-refractivity contribution in [3.8, 4) is 0 Å². The zero-order chi connectivity index (χ0) is 15.6. The Bertz CT molecular complexity index is 516. The van der Waals surface area contributed by atoms with Crippen molar-refractivity contribution in [2.45, 2.75) is 52.5 Å². The molecule has 1 aromatic rings. The van der Waals surface area contributed by atoms with E-state index >= 15 is 0 Å². The van der Waals surface area contributed by atoms with E-state index in [1.165, 1.54) is 5.56 Å². The molecule has 0 heterocycles. The summed E-state index contributed by atoms with van der Waals surface area (Å²) >= 11 is 0. The number of rotatable bonds is 5. The first-order valence-corrected chi connectivity index (χ1v) is 7.72. The average Bonchev–Trinajstić information content (AvgIpc) is 3.24. The third-order valence-electron chi connectivity index (χ3n) is 4.18. The second-order valence-electron chi connectivity index (χ2n) is 6.99. The van der Waals surface area contributed by atoms with Gasteiger partial charge in [0.2, 0.25) is 5.91 Å². The average molecular weight is 287 g/mol. The fraction of sp³-hybridized carbons (Fsp3) is 0.556. The van der Waals surface area contributed by atoms with E-state index in [0.717, 1.165) is 6.42 Å². The molecule has 0 aliphatic heterocycles. The van der Waals surface area contributed by atoms with Crippen LogP contribution in [-0.4, -0.2) is 17.7 Å². The van der Waals surface area contributed by atoms with Gasteiger partial charge in [0.15, 0.2) is 5.78 Å². The van der Waals surface area contributed by atoms with E-state index in [-0.39, 0.29) is 23.0 Å². The van der Waals surface area contributed by atoms with Gasteiger partial charge in [-0.1, -0.05) is 58.0 Å². The molecule has 3 atom stereocenters. The molecule has 3 heteroatoms. The molecule has 0 aromatic heterocycles. The summed E-state index contributed by atoms with van der Waals surface area (Å²) in [6.07, 6.45) is 1.34. The monoisotopic (exact) mass is 287 g/mol. The Morgan fingerprint density at radius 3 is 2.38 bits per heavy atom. The van der Waals surface area contributed by atoms with Crippen LogP contribution in [0.1, 0.15) is 52.0 Å². The van der Waals surface area contributed by atoms with Crippen LogP contribution in [0.15, 0.2) is 30.3 Å². The Morgan fingerprint density at radius 1 is 1.24 bits per heavy atom. The van der Waals surface area contributed by atoms with Crippen molar-refractivity contribution in [3.05, 3.63) is 35.9 Å².